The van der Waals surface area contributed by atoms with Gasteiger partial charge in [0.25, 0.3) is 0 Å². The topological polar surface area (TPSA) is 24.7 Å². The number of thioether (sulfide) groups is 1. The van der Waals surface area contributed by atoms with E-state index in [0.717, 1.165) is 11.6 Å². The van der Waals surface area contributed by atoms with Crippen LogP contribution in [0.1, 0.15) is 20.8 Å². The van der Waals surface area contributed by atoms with Gasteiger partial charge in [0.15, 0.2) is 0 Å². The van der Waals surface area contributed by atoms with Crippen LogP contribution in [0.4, 0.5) is 0 Å². The predicted octanol–water partition coefficient (Wildman–Crippen LogP) is 3.03. The van der Waals surface area contributed by atoms with Crippen LogP contribution in [-0.4, -0.2) is 5.88 Å². The lowest BCUT2D eigenvalue weighted by Gasteiger charge is -2.19. The zero-order valence-corrected chi connectivity index (χ0v) is 7.40. The quantitative estimate of drug-likeness (QED) is 0.529. The number of azo groups is 1. The number of hydrogen-bond donors (Lipinski definition) is 0. The number of rotatable bonds is 0. The van der Waals surface area contributed by atoms with Crippen LogP contribution in [0.25, 0.3) is 0 Å². The highest BCUT2D eigenvalue weighted by Crippen LogP contribution is 2.30. The smallest absolute Gasteiger partial charge is 0.110 e. The van der Waals surface area contributed by atoms with E-state index in [1.54, 1.807) is 11.8 Å². The summed E-state index contributed by atoms with van der Waals surface area (Å²) in [6.45, 7) is 6.43. The third-order valence-electron chi connectivity index (χ3n) is 1.27. The van der Waals surface area contributed by atoms with E-state index < -0.39 is 0 Å². The van der Waals surface area contributed by atoms with Gasteiger partial charge >= 0.3 is 0 Å². The Morgan fingerprint density at radius 3 is 2.50 bits per heavy atom. The highest BCUT2D eigenvalue weighted by molar-refractivity contribution is 8.02. The second kappa shape index (κ2) is 2.74. The molecule has 0 aromatic rings. The van der Waals surface area contributed by atoms with Crippen LogP contribution < -0.4 is 0 Å². The molecule has 0 aromatic carbocycles. The predicted molar refractivity (Wildman–Crippen MR) is 44.9 cm³/mol. The van der Waals surface area contributed by atoms with Gasteiger partial charge in [-0.1, -0.05) is 20.8 Å². The van der Waals surface area contributed by atoms with Crippen LogP contribution in [0.3, 0.4) is 0 Å². The molecule has 0 saturated heterocycles. The van der Waals surface area contributed by atoms with E-state index in [2.05, 4.69) is 36.4 Å². The first-order chi connectivity index (χ1) is 4.61. The average Bonchev–Trinajstić information content (AvgIpc) is 1.88. The van der Waals surface area contributed by atoms with Gasteiger partial charge in [-0.25, -0.2) is 0 Å². The van der Waals surface area contributed by atoms with E-state index in [4.69, 9.17) is 0 Å². The molecule has 0 aliphatic carbocycles. The summed E-state index contributed by atoms with van der Waals surface area (Å²) in [5.41, 5.74) is 1.24. The van der Waals surface area contributed by atoms with Gasteiger partial charge in [-0.05, 0) is 5.41 Å². The van der Waals surface area contributed by atoms with E-state index in [1.807, 2.05) is 0 Å². The van der Waals surface area contributed by atoms with E-state index in [1.165, 1.54) is 0 Å². The zero-order chi connectivity index (χ0) is 7.61. The minimum atomic E-state index is 0.150. The maximum absolute atomic E-state index is 4.07. The van der Waals surface area contributed by atoms with Gasteiger partial charge in [0.05, 0.1) is 5.70 Å². The molecule has 1 heterocycles. The first-order valence-corrected chi connectivity index (χ1v) is 4.35. The van der Waals surface area contributed by atoms with Crippen molar-refractivity contribution in [2.24, 2.45) is 15.6 Å². The van der Waals surface area contributed by atoms with Gasteiger partial charge in [0, 0.05) is 5.41 Å². The van der Waals surface area contributed by atoms with Crippen molar-refractivity contribution in [1.29, 1.82) is 0 Å². The Hall–Kier alpha value is -0.310. The summed E-state index contributed by atoms with van der Waals surface area (Å²) in [5, 5.41) is 10.1. The van der Waals surface area contributed by atoms with E-state index >= 15 is 0 Å². The van der Waals surface area contributed by atoms with Crippen molar-refractivity contribution in [3.63, 3.8) is 0 Å². The average molecular weight is 156 g/mol. The normalized spacial score (nSPS) is 18.9. The summed E-state index contributed by atoms with van der Waals surface area (Å²) in [4.78, 5) is 0. The Bertz CT molecular complexity index is 177. The Morgan fingerprint density at radius 1 is 1.50 bits per heavy atom. The van der Waals surface area contributed by atoms with Crippen molar-refractivity contribution in [3.05, 3.63) is 11.1 Å². The van der Waals surface area contributed by atoms with Crippen molar-refractivity contribution in [3.8, 4) is 0 Å². The fourth-order valence-electron chi connectivity index (χ4n) is 0.605. The fourth-order valence-corrected chi connectivity index (χ4v) is 1.36. The van der Waals surface area contributed by atoms with Crippen LogP contribution in [0.15, 0.2) is 21.3 Å². The third kappa shape index (κ3) is 1.84. The molecule has 0 bridgehead atoms. The molecule has 10 heavy (non-hydrogen) atoms. The Morgan fingerprint density at radius 2 is 2.20 bits per heavy atom. The van der Waals surface area contributed by atoms with Crippen LogP contribution in [0, 0.1) is 5.41 Å². The van der Waals surface area contributed by atoms with Gasteiger partial charge < -0.3 is 0 Å². The Balaban J connectivity index is 2.73. The molecule has 1 aliphatic rings. The molecule has 0 unspecified atom stereocenters. The highest BCUT2D eigenvalue weighted by Gasteiger charge is 2.17. The zero-order valence-electron chi connectivity index (χ0n) is 6.59. The van der Waals surface area contributed by atoms with Gasteiger partial charge in [-0.2, -0.15) is 10.2 Å². The third-order valence-corrected chi connectivity index (χ3v) is 1.93. The maximum atomic E-state index is 4.07. The van der Waals surface area contributed by atoms with Crippen molar-refractivity contribution >= 4 is 11.8 Å². The molecule has 0 radical (unpaired) electrons. The molecule has 0 atom stereocenters. The summed E-state index contributed by atoms with van der Waals surface area (Å²) in [7, 11) is 0. The highest BCUT2D eigenvalue weighted by atomic mass is 32.2. The lowest BCUT2D eigenvalue weighted by atomic mass is 9.93. The second-order valence-electron chi connectivity index (χ2n) is 3.29. The van der Waals surface area contributed by atoms with Gasteiger partial charge in [0.1, 0.15) is 5.88 Å². The van der Waals surface area contributed by atoms with Crippen LogP contribution in [0.2, 0.25) is 0 Å². The summed E-state index contributed by atoms with van der Waals surface area (Å²) >= 11 is 1.71. The summed E-state index contributed by atoms with van der Waals surface area (Å²) in [6, 6.07) is 0. The van der Waals surface area contributed by atoms with Crippen molar-refractivity contribution in [2.45, 2.75) is 20.8 Å². The molecule has 0 amide bonds. The number of nitrogens with zero attached hydrogens (tertiary/aromatic N) is 2. The lowest BCUT2D eigenvalue weighted by Crippen LogP contribution is -2.07. The fraction of sp³-hybridized carbons (Fsp3) is 0.714. The number of hydrogen-bond acceptors (Lipinski definition) is 3. The Labute approximate surface area is 65.8 Å². The Kier molecular flexibility index (Phi) is 2.14. The van der Waals surface area contributed by atoms with Gasteiger partial charge in [0.2, 0.25) is 0 Å². The number of allylic oxidation sites excluding steroid dienone is 1. The van der Waals surface area contributed by atoms with Crippen molar-refractivity contribution < 1.29 is 0 Å². The van der Waals surface area contributed by atoms with Crippen LogP contribution >= 0.6 is 11.8 Å². The molecule has 1 rings (SSSR count). The minimum Gasteiger partial charge on any atom is -0.178 e. The SMILES string of the molecule is CC(C)(C)C1=CSCN=N1. The molecule has 3 heteroatoms. The second-order valence-corrected chi connectivity index (χ2v) is 4.12. The standard InChI is InChI=1S/C7H12N2S/c1-7(2,3)6-4-10-5-8-9-6/h4H,5H2,1-3H3. The van der Waals surface area contributed by atoms with Gasteiger partial charge in [-0.15, -0.1) is 11.8 Å². The summed E-state index contributed by atoms with van der Waals surface area (Å²) < 4.78 is 0. The van der Waals surface area contributed by atoms with Crippen LogP contribution in [-0.2, 0) is 0 Å². The van der Waals surface area contributed by atoms with Gasteiger partial charge in [-0.3, -0.25) is 0 Å². The summed E-state index contributed by atoms with van der Waals surface area (Å²) in [5.74, 6) is 0.777. The summed E-state index contributed by atoms with van der Waals surface area (Å²) in [6.07, 6.45) is 0. The molecule has 2 nitrogen and oxygen atoms in total. The lowest BCUT2D eigenvalue weighted by molar-refractivity contribution is 0.492. The van der Waals surface area contributed by atoms with E-state index in [0.29, 0.717) is 0 Å². The molecule has 1 aliphatic heterocycles. The first-order valence-electron chi connectivity index (χ1n) is 3.30. The molecular formula is C7H12N2S. The van der Waals surface area contributed by atoms with Crippen molar-refractivity contribution in [1.82, 2.24) is 0 Å². The van der Waals surface area contributed by atoms with E-state index in [9.17, 15) is 0 Å². The molecule has 0 saturated carbocycles. The molecule has 0 aromatic heterocycles. The monoisotopic (exact) mass is 156 g/mol. The van der Waals surface area contributed by atoms with Crippen molar-refractivity contribution in [2.75, 3.05) is 5.88 Å². The van der Waals surface area contributed by atoms with E-state index in [-0.39, 0.29) is 5.41 Å². The molecular weight excluding hydrogens is 144 g/mol. The largest absolute Gasteiger partial charge is 0.178 e. The van der Waals surface area contributed by atoms with Crippen LogP contribution in [0.5, 0.6) is 0 Å². The molecule has 0 spiro atoms. The molecule has 0 fully saturated rings. The molecule has 56 valence electrons. The maximum Gasteiger partial charge on any atom is 0.110 e. The minimum absolute atomic E-state index is 0.150. The first kappa shape index (κ1) is 7.79. The molecule has 0 N–H and O–H groups in total.